The van der Waals surface area contributed by atoms with Crippen molar-refractivity contribution in [3.63, 3.8) is 0 Å². The van der Waals surface area contributed by atoms with Crippen LogP contribution in [0.15, 0.2) is 0 Å². The molecule has 7 N–H and O–H groups in total. The number of hydrogen-bond donors (Lipinski definition) is 7. The van der Waals surface area contributed by atoms with Crippen LogP contribution in [-0.4, -0.2) is 85.5 Å². The molecule has 1 aliphatic heterocycles. The number of aliphatic hydroxyl groups excluding tert-OH is 2. The van der Waals surface area contributed by atoms with Crippen LogP contribution >= 0.6 is 0 Å². The Bertz CT molecular complexity index is 755. The highest BCUT2D eigenvalue weighted by atomic mass is 16.8. The van der Waals surface area contributed by atoms with Gasteiger partial charge in [0, 0.05) is 27.7 Å². The molecule has 176 valence electrons. The minimum atomic E-state index is -3.97. The molecule has 0 aromatic rings. The van der Waals surface area contributed by atoms with Gasteiger partial charge in [-0.15, -0.1) is 0 Å². The quantitative estimate of drug-likeness (QED) is 0.0693. The number of esters is 4. The van der Waals surface area contributed by atoms with E-state index < -0.39 is 59.9 Å². The van der Waals surface area contributed by atoms with Crippen LogP contribution in [-0.2, 0) is 42.9 Å². The molecule has 0 saturated carbocycles. The van der Waals surface area contributed by atoms with Crippen LogP contribution in [0.1, 0.15) is 27.7 Å². The predicted octanol–water partition coefficient (Wildman–Crippen LogP) is -3.54. The Balaban J connectivity index is 0.00000282. The number of rotatable bonds is 5. The average Bonchev–Trinajstić information content (AvgIpc) is 2.55. The van der Waals surface area contributed by atoms with Crippen molar-refractivity contribution in [1.29, 1.82) is 11.1 Å². The standard InChI is InChI=1S/C14H20O14.H2N3/c1-5(15)24-10(19)9-12(21,26-6(2)16)14(23,28-8(4)18)13(22,11(20)25-9)27-7(3)17;1-3-2/h9-11,19-23H,1-4H3;1-2H/q;+1/t9-,10?,11-,12-,13+,14-;/m1./s1. The van der Waals surface area contributed by atoms with E-state index in [-0.39, 0.29) is 0 Å². The second kappa shape index (κ2) is 10.3. The van der Waals surface area contributed by atoms with Crippen molar-refractivity contribution >= 4 is 23.9 Å². The Morgan fingerprint density at radius 2 is 1.26 bits per heavy atom. The third kappa shape index (κ3) is 5.76. The molecule has 31 heavy (non-hydrogen) atoms. The van der Waals surface area contributed by atoms with Crippen molar-refractivity contribution in [3.8, 4) is 0 Å². The number of ether oxygens (including phenoxy) is 5. The number of nitrogens with zero attached hydrogens (tertiary/aromatic N) is 1. The molecule has 1 fully saturated rings. The summed E-state index contributed by atoms with van der Waals surface area (Å²) in [5.74, 6) is -16.8. The van der Waals surface area contributed by atoms with Crippen molar-refractivity contribution in [2.45, 2.75) is 63.7 Å². The summed E-state index contributed by atoms with van der Waals surface area (Å²) in [5.41, 5.74) is 11.0. The Hall–Kier alpha value is -3.05. The van der Waals surface area contributed by atoms with E-state index in [9.17, 15) is 44.7 Å². The molecule has 0 radical (unpaired) electrons. The number of carbonyl (C=O) groups excluding carboxylic acids is 4. The third-order valence-corrected chi connectivity index (χ3v) is 3.40. The molecule has 17 nitrogen and oxygen atoms in total. The van der Waals surface area contributed by atoms with Crippen LogP contribution in [0.25, 0.3) is 0 Å². The van der Waals surface area contributed by atoms with Crippen molar-refractivity contribution in [3.05, 3.63) is 0 Å². The van der Waals surface area contributed by atoms with Crippen LogP contribution in [0.4, 0.5) is 0 Å². The molecule has 1 saturated heterocycles. The van der Waals surface area contributed by atoms with E-state index in [0.717, 1.165) is 6.92 Å². The Labute approximate surface area is 173 Å². The molecular weight excluding hydrogens is 434 g/mol. The van der Waals surface area contributed by atoms with E-state index in [0.29, 0.717) is 20.8 Å². The normalized spacial score (nSPS) is 32.8. The predicted molar refractivity (Wildman–Crippen MR) is 86.4 cm³/mol. The molecule has 0 aliphatic carbocycles. The lowest BCUT2D eigenvalue weighted by Crippen LogP contribution is -2.84. The molecular formula is C14H22N3O14+. The summed E-state index contributed by atoms with van der Waals surface area (Å²) in [7, 11) is 0. The molecule has 6 atom stereocenters. The fourth-order valence-electron chi connectivity index (χ4n) is 2.47. The maximum absolute atomic E-state index is 11.5. The lowest BCUT2D eigenvalue weighted by atomic mass is 9.86. The first-order valence-corrected chi connectivity index (χ1v) is 8.00. The first-order valence-electron chi connectivity index (χ1n) is 8.00. The smallest absolute Gasteiger partial charge is 0.352 e. The Kier molecular flexibility index (Phi) is 9.30. The minimum absolute atomic E-state index is 0.666. The van der Waals surface area contributed by atoms with Gasteiger partial charge in [-0.3, -0.25) is 19.2 Å². The van der Waals surface area contributed by atoms with Gasteiger partial charge in [0.1, 0.15) is 11.1 Å². The molecule has 1 unspecified atom stereocenters. The highest BCUT2D eigenvalue weighted by Gasteiger charge is 2.81. The zero-order chi connectivity index (χ0) is 24.8. The Morgan fingerprint density at radius 1 is 0.871 bits per heavy atom. The molecule has 1 heterocycles. The maximum atomic E-state index is 11.5. The van der Waals surface area contributed by atoms with Crippen LogP contribution in [0.3, 0.4) is 0 Å². The highest BCUT2D eigenvalue weighted by Crippen LogP contribution is 2.47. The van der Waals surface area contributed by atoms with Crippen LogP contribution in [0, 0.1) is 11.1 Å². The Morgan fingerprint density at radius 3 is 1.61 bits per heavy atom. The molecule has 0 aromatic heterocycles. The van der Waals surface area contributed by atoms with Crippen LogP contribution < -0.4 is 4.91 Å². The van der Waals surface area contributed by atoms with E-state index in [1.54, 1.807) is 0 Å². The number of carbonyl (C=O) groups is 4. The van der Waals surface area contributed by atoms with E-state index >= 15 is 0 Å². The van der Waals surface area contributed by atoms with Gasteiger partial charge in [0.05, 0.1) is 0 Å². The third-order valence-electron chi connectivity index (χ3n) is 3.40. The maximum Gasteiger partial charge on any atom is 0.352 e. The van der Waals surface area contributed by atoms with Crippen molar-refractivity contribution in [2.75, 3.05) is 0 Å². The SMILES string of the molecule is CC(=O)OC(O)[C@H]1O[C@@H](O)[C@](O)(OC(C)=O)[C@](O)(OC(C)=O)[C@]1(O)OC(C)=O.N=[N+]=N. The van der Waals surface area contributed by atoms with Crippen molar-refractivity contribution in [2.24, 2.45) is 0 Å². The summed E-state index contributed by atoms with van der Waals surface area (Å²) < 4.78 is 22.3. The van der Waals surface area contributed by atoms with E-state index in [1.807, 2.05) is 4.91 Å². The van der Waals surface area contributed by atoms with Crippen LogP contribution in [0.5, 0.6) is 0 Å². The van der Waals surface area contributed by atoms with Crippen molar-refractivity contribution < 1.29 is 68.4 Å². The minimum Gasteiger partial charge on any atom is -0.433 e. The summed E-state index contributed by atoms with van der Waals surface area (Å²) in [6.07, 6.45) is -7.91. The summed E-state index contributed by atoms with van der Waals surface area (Å²) >= 11 is 0. The first kappa shape index (κ1) is 27.9. The molecule has 1 aliphatic rings. The first-order chi connectivity index (χ1) is 14.0. The van der Waals surface area contributed by atoms with Crippen LogP contribution in [0.2, 0.25) is 0 Å². The second-order valence-electron chi connectivity index (χ2n) is 5.84. The number of nitrogens with one attached hydrogen (secondary N) is 2. The van der Waals surface area contributed by atoms with Gasteiger partial charge in [0.2, 0.25) is 17.5 Å². The summed E-state index contributed by atoms with van der Waals surface area (Å²) in [6, 6.07) is 0. The summed E-state index contributed by atoms with van der Waals surface area (Å²) in [6.45, 7) is 2.88. The van der Waals surface area contributed by atoms with Gasteiger partial charge >= 0.3 is 41.2 Å². The largest absolute Gasteiger partial charge is 0.433 e. The lowest BCUT2D eigenvalue weighted by Gasteiger charge is -2.55. The zero-order valence-corrected chi connectivity index (χ0v) is 16.6. The topological polar surface area (TPSA) is 277 Å². The molecule has 0 bridgehead atoms. The van der Waals surface area contributed by atoms with Gasteiger partial charge in [0.25, 0.3) is 0 Å². The molecule has 0 amide bonds. The summed E-state index contributed by atoms with van der Waals surface area (Å²) in [5, 5.41) is 52.1. The van der Waals surface area contributed by atoms with Gasteiger partial charge in [-0.2, -0.15) is 0 Å². The highest BCUT2D eigenvalue weighted by molar-refractivity contribution is 5.69. The van der Waals surface area contributed by atoms with Gasteiger partial charge in [-0.05, 0) is 0 Å². The van der Waals surface area contributed by atoms with E-state index in [1.165, 1.54) is 0 Å². The number of aliphatic hydroxyl groups is 5. The second-order valence-corrected chi connectivity index (χ2v) is 5.84. The summed E-state index contributed by atoms with van der Waals surface area (Å²) in [4.78, 5) is 47.3. The zero-order valence-electron chi connectivity index (χ0n) is 16.6. The fraction of sp³-hybridized carbons (Fsp3) is 0.714. The van der Waals surface area contributed by atoms with Crippen molar-refractivity contribution in [1.82, 2.24) is 4.91 Å². The van der Waals surface area contributed by atoms with E-state index in [2.05, 4.69) is 23.7 Å². The fourth-order valence-corrected chi connectivity index (χ4v) is 2.47. The molecule has 0 spiro atoms. The average molecular weight is 456 g/mol. The van der Waals surface area contributed by atoms with Gasteiger partial charge < -0.3 is 49.2 Å². The molecule has 17 heteroatoms. The van der Waals surface area contributed by atoms with Gasteiger partial charge in [-0.1, -0.05) is 0 Å². The van der Waals surface area contributed by atoms with Gasteiger partial charge in [0.15, 0.2) is 6.10 Å². The monoisotopic (exact) mass is 456 g/mol. The molecule has 1 rings (SSSR count). The lowest BCUT2D eigenvalue weighted by molar-refractivity contribution is -0.538. The number of hydrogen-bond acceptors (Lipinski definition) is 16. The van der Waals surface area contributed by atoms with Gasteiger partial charge in [-0.25, -0.2) is 0 Å². The molecule has 0 aromatic carbocycles. The van der Waals surface area contributed by atoms with E-state index in [4.69, 9.17) is 11.1 Å².